The van der Waals surface area contributed by atoms with E-state index in [-0.39, 0.29) is 16.8 Å². The van der Waals surface area contributed by atoms with Gasteiger partial charge in [0.25, 0.3) is 0 Å². The average molecular weight is 224 g/mol. The molecule has 84 valence electrons. The maximum absolute atomic E-state index is 10.3. The van der Waals surface area contributed by atoms with Crippen molar-refractivity contribution in [3.8, 4) is 0 Å². The fraction of sp³-hybridized carbons (Fsp3) is 0.538. The van der Waals surface area contributed by atoms with E-state index in [4.69, 9.17) is 0 Å². The predicted octanol–water partition coefficient (Wildman–Crippen LogP) is 3.50. The van der Waals surface area contributed by atoms with E-state index >= 15 is 0 Å². The lowest BCUT2D eigenvalue weighted by Crippen LogP contribution is -2.30. The molecule has 0 aliphatic rings. The Morgan fingerprint density at radius 2 is 1.67 bits per heavy atom. The molecule has 0 bridgehead atoms. The quantitative estimate of drug-likeness (QED) is 0.848. The molecule has 1 aromatic rings. The zero-order chi connectivity index (χ0) is 11.5. The summed E-state index contributed by atoms with van der Waals surface area (Å²) >= 11 is 1.71. The van der Waals surface area contributed by atoms with Crippen LogP contribution < -0.4 is 0 Å². The van der Waals surface area contributed by atoms with Gasteiger partial charge in [-0.25, -0.2) is 0 Å². The van der Waals surface area contributed by atoms with Crippen molar-refractivity contribution in [1.29, 1.82) is 0 Å². The summed E-state index contributed by atoms with van der Waals surface area (Å²) in [4.78, 5) is 0. The van der Waals surface area contributed by atoms with Crippen molar-refractivity contribution in [2.24, 2.45) is 5.41 Å². The van der Waals surface area contributed by atoms with Crippen LogP contribution in [-0.2, 0) is 0 Å². The molecule has 0 heterocycles. The lowest BCUT2D eigenvalue weighted by atomic mass is 9.85. The van der Waals surface area contributed by atoms with Crippen LogP contribution in [0.4, 0.5) is 0 Å². The molecule has 0 radical (unpaired) electrons. The number of aliphatic hydroxyl groups is 1. The third-order valence-corrected chi connectivity index (χ3v) is 3.59. The molecule has 1 aromatic carbocycles. The SMILES string of the molecule is CS[C@@H](c1ccccc1)[C@H](O)C(C)(C)C. The first-order valence-electron chi connectivity index (χ1n) is 5.22. The Morgan fingerprint density at radius 3 is 2.07 bits per heavy atom. The Balaban J connectivity index is 2.90. The molecule has 0 aliphatic heterocycles. The molecule has 1 N–H and O–H groups in total. The molecule has 0 fully saturated rings. The molecule has 0 saturated heterocycles. The summed E-state index contributed by atoms with van der Waals surface area (Å²) in [7, 11) is 0. The minimum Gasteiger partial charge on any atom is -0.391 e. The highest BCUT2D eigenvalue weighted by atomic mass is 32.2. The van der Waals surface area contributed by atoms with Gasteiger partial charge in [0.2, 0.25) is 0 Å². The highest BCUT2D eigenvalue weighted by Gasteiger charge is 2.30. The van der Waals surface area contributed by atoms with Gasteiger partial charge in [-0.2, -0.15) is 11.8 Å². The molecular formula is C13H20OS. The molecule has 2 heteroatoms. The van der Waals surface area contributed by atoms with Crippen molar-refractivity contribution in [3.63, 3.8) is 0 Å². The van der Waals surface area contributed by atoms with E-state index in [1.807, 2.05) is 24.5 Å². The number of aliphatic hydroxyl groups excluding tert-OH is 1. The maximum Gasteiger partial charge on any atom is 0.0747 e. The fourth-order valence-corrected chi connectivity index (χ4v) is 2.64. The van der Waals surface area contributed by atoms with Crippen LogP contribution in [0.5, 0.6) is 0 Å². The number of hydrogen-bond acceptors (Lipinski definition) is 2. The largest absolute Gasteiger partial charge is 0.391 e. The van der Waals surface area contributed by atoms with Crippen molar-refractivity contribution >= 4 is 11.8 Å². The van der Waals surface area contributed by atoms with E-state index < -0.39 is 0 Å². The van der Waals surface area contributed by atoms with Crippen molar-refractivity contribution in [1.82, 2.24) is 0 Å². The van der Waals surface area contributed by atoms with Crippen LogP contribution in [0.15, 0.2) is 30.3 Å². The van der Waals surface area contributed by atoms with E-state index in [2.05, 4.69) is 32.9 Å². The zero-order valence-electron chi connectivity index (χ0n) is 9.90. The van der Waals surface area contributed by atoms with Gasteiger partial charge in [0, 0.05) is 0 Å². The van der Waals surface area contributed by atoms with Crippen LogP contribution in [-0.4, -0.2) is 17.5 Å². The Morgan fingerprint density at radius 1 is 1.13 bits per heavy atom. The van der Waals surface area contributed by atoms with Gasteiger partial charge in [-0.05, 0) is 17.2 Å². The highest BCUT2D eigenvalue weighted by molar-refractivity contribution is 7.98. The molecule has 0 aliphatic carbocycles. The van der Waals surface area contributed by atoms with Gasteiger partial charge in [-0.15, -0.1) is 0 Å². The van der Waals surface area contributed by atoms with Crippen molar-refractivity contribution in [2.45, 2.75) is 32.1 Å². The molecule has 0 aromatic heterocycles. The molecule has 1 nitrogen and oxygen atoms in total. The van der Waals surface area contributed by atoms with Crippen molar-refractivity contribution in [3.05, 3.63) is 35.9 Å². The molecule has 0 unspecified atom stereocenters. The molecule has 0 saturated carbocycles. The second kappa shape index (κ2) is 5.04. The standard InChI is InChI=1S/C13H20OS/c1-13(2,3)12(14)11(15-4)10-8-6-5-7-9-10/h5-9,11-12,14H,1-4H3/t11-,12-/m0/s1. The fourth-order valence-electron chi connectivity index (χ4n) is 1.54. The van der Waals surface area contributed by atoms with Gasteiger partial charge in [-0.1, -0.05) is 51.1 Å². The van der Waals surface area contributed by atoms with E-state index in [0.717, 1.165) is 0 Å². The maximum atomic E-state index is 10.3. The summed E-state index contributed by atoms with van der Waals surface area (Å²) in [6.07, 6.45) is 1.72. The van der Waals surface area contributed by atoms with Gasteiger partial charge in [0.15, 0.2) is 0 Å². The second-order valence-electron chi connectivity index (χ2n) is 4.88. The molecule has 1 rings (SSSR count). The zero-order valence-corrected chi connectivity index (χ0v) is 10.7. The second-order valence-corrected chi connectivity index (χ2v) is 5.86. The Kier molecular flexibility index (Phi) is 4.23. The van der Waals surface area contributed by atoms with Crippen LogP contribution in [0.1, 0.15) is 31.6 Å². The van der Waals surface area contributed by atoms with Crippen molar-refractivity contribution < 1.29 is 5.11 Å². The summed E-state index contributed by atoms with van der Waals surface area (Å²) in [6, 6.07) is 10.2. The minimum absolute atomic E-state index is 0.0798. The topological polar surface area (TPSA) is 20.2 Å². The monoisotopic (exact) mass is 224 g/mol. The van der Waals surface area contributed by atoms with Crippen LogP contribution in [0.25, 0.3) is 0 Å². The lowest BCUT2D eigenvalue weighted by Gasteiger charge is -2.32. The van der Waals surface area contributed by atoms with Gasteiger partial charge >= 0.3 is 0 Å². The molecule has 2 atom stereocenters. The lowest BCUT2D eigenvalue weighted by molar-refractivity contribution is 0.0610. The summed E-state index contributed by atoms with van der Waals surface area (Å²) in [6.45, 7) is 6.22. The first-order chi connectivity index (χ1) is 6.96. The van der Waals surface area contributed by atoms with E-state index in [1.165, 1.54) is 5.56 Å². The molecular weight excluding hydrogens is 204 g/mol. The van der Waals surface area contributed by atoms with Gasteiger partial charge < -0.3 is 5.11 Å². The summed E-state index contributed by atoms with van der Waals surface area (Å²) in [5.41, 5.74) is 1.12. The minimum atomic E-state index is -0.324. The predicted molar refractivity (Wildman–Crippen MR) is 68.2 cm³/mol. The van der Waals surface area contributed by atoms with Gasteiger partial charge in [0.1, 0.15) is 0 Å². The molecule has 0 spiro atoms. The average Bonchev–Trinajstić information content (AvgIpc) is 2.19. The Bertz CT molecular complexity index is 289. The number of thioether (sulfide) groups is 1. The smallest absolute Gasteiger partial charge is 0.0747 e. The highest BCUT2D eigenvalue weighted by Crippen LogP contribution is 2.38. The van der Waals surface area contributed by atoms with Crippen LogP contribution in [0.3, 0.4) is 0 Å². The third-order valence-electron chi connectivity index (χ3n) is 2.56. The van der Waals surface area contributed by atoms with Gasteiger partial charge in [-0.3, -0.25) is 0 Å². The van der Waals surface area contributed by atoms with Crippen molar-refractivity contribution in [2.75, 3.05) is 6.26 Å². The van der Waals surface area contributed by atoms with Crippen LogP contribution in [0, 0.1) is 5.41 Å². The Hall–Kier alpha value is -0.470. The molecule has 0 amide bonds. The Labute approximate surface area is 96.9 Å². The first kappa shape index (κ1) is 12.6. The number of rotatable bonds is 3. The first-order valence-corrected chi connectivity index (χ1v) is 6.51. The van der Waals surface area contributed by atoms with Crippen LogP contribution in [0.2, 0.25) is 0 Å². The summed E-state index contributed by atoms with van der Waals surface area (Å²) in [5, 5.41) is 10.4. The number of hydrogen-bond donors (Lipinski definition) is 1. The molecule has 15 heavy (non-hydrogen) atoms. The van der Waals surface area contributed by atoms with Gasteiger partial charge in [0.05, 0.1) is 11.4 Å². The number of benzene rings is 1. The third kappa shape index (κ3) is 3.25. The van der Waals surface area contributed by atoms with E-state index in [1.54, 1.807) is 11.8 Å². The van der Waals surface area contributed by atoms with E-state index in [0.29, 0.717) is 0 Å². The van der Waals surface area contributed by atoms with Crippen LogP contribution >= 0.6 is 11.8 Å². The summed E-state index contributed by atoms with van der Waals surface area (Å²) in [5.74, 6) is 0. The normalized spacial score (nSPS) is 16.1. The van der Waals surface area contributed by atoms with E-state index in [9.17, 15) is 5.11 Å². The summed E-state index contributed by atoms with van der Waals surface area (Å²) < 4.78 is 0.